The number of hydrogen-bond acceptors (Lipinski definition) is 3. The Morgan fingerprint density at radius 3 is 2.64 bits per heavy atom. The van der Waals surface area contributed by atoms with E-state index in [0.717, 1.165) is 16.6 Å². The van der Waals surface area contributed by atoms with Gasteiger partial charge in [-0.05, 0) is 36.4 Å². The van der Waals surface area contributed by atoms with Crippen molar-refractivity contribution < 1.29 is 9.90 Å². The number of carboxylic acids is 1. The van der Waals surface area contributed by atoms with Crippen molar-refractivity contribution in [2.24, 2.45) is 0 Å². The van der Waals surface area contributed by atoms with Gasteiger partial charge in [0.25, 0.3) is 0 Å². The van der Waals surface area contributed by atoms with Gasteiger partial charge in [-0.2, -0.15) is 0 Å². The molecule has 4 nitrogen and oxygen atoms in total. The molecule has 2 N–H and O–H groups in total. The minimum absolute atomic E-state index is 0. The smallest absolute Gasteiger partial charge is 0.337 e. The summed E-state index contributed by atoms with van der Waals surface area (Å²) in [5.41, 5.74) is 2.29. The predicted octanol–water partition coefficient (Wildman–Crippen LogP) is 3.95. The quantitative estimate of drug-likeness (QED) is 0.717. The van der Waals surface area contributed by atoms with Crippen molar-refractivity contribution in [3.63, 3.8) is 0 Å². The van der Waals surface area contributed by atoms with Gasteiger partial charge in [0, 0.05) is 51.9 Å². The van der Waals surface area contributed by atoms with E-state index >= 15 is 0 Å². The fraction of sp³-hybridized carbons (Fsp3) is 0. The standard InChI is InChI=1S/C16H11ClN2O2.Na/c17-10-5-6-11-14(7-8-18-15(11)9-10)19-13-4-2-1-3-12(13)16(20)21;/h1-9H,(H,18,19)(H,20,21);. The van der Waals surface area contributed by atoms with Crippen molar-refractivity contribution in [3.05, 3.63) is 65.3 Å². The van der Waals surface area contributed by atoms with E-state index < -0.39 is 5.97 Å². The molecule has 6 heteroatoms. The molecule has 0 bridgehead atoms. The zero-order chi connectivity index (χ0) is 14.8. The summed E-state index contributed by atoms with van der Waals surface area (Å²) < 4.78 is 0. The Bertz CT molecular complexity index is 839. The van der Waals surface area contributed by atoms with Gasteiger partial charge in [0.1, 0.15) is 0 Å². The van der Waals surface area contributed by atoms with Crippen molar-refractivity contribution in [2.45, 2.75) is 0 Å². The molecule has 2 aromatic carbocycles. The van der Waals surface area contributed by atoms with E-state index in [1.54, 1.807) is 48.7 Å². The first-order valence-electron chi connectivity index (χ1n) is 6.29. The summed E-state index contributed by atoms with van der Waals surface area (Å²) in [5, 5.41) is 13.9. The van der Waals surface area contributed by atoms with Gasteiger partial charge in [-0.1, -0.05) is 23.7 Å². The van der Waals surface area contributed by atoms with Crippen LogP contribution in [0.1, 0.15) is 10.4 Å². The fourth-order valence-corrected chi connectivity index (χ4v) is 2.32. The largest absolute Gasteiger partial charge is 0.478 e. The minimum atomic E-state index is -0.973. The average Bonchev–Trinajstić information content (AvgIpc) is 2.47. The average molecular weight is 322 g/mol. The Morgan fingerprint density at radius 2 is 1.86 bits per heavy atom. The summed E-state index contributed by atoms with van der Waals surface area (Å²) in [7, 11) is 0. The molecule has 0 spiro atoms. The van der Waals surface area contributed by atoms with Crippen LogP contribution in [-0.4, -0.2) is 45.6 Å². The maximum absolute atomic E-state index is 11.3. The number of nitrogens with one attached hydrogen (secondary N) is 1. The second-order valence-electron chi connectivity index (χ2n) is 4.50. The van der Waals surface area contributed by atoms with Crippen LogP contribution in [0, 0.1) is 0 Å². The van der Waals surface area contributed by atoms with E-state index in [9.17, 15) is 9.90 Å². The number of carbonyl (C=O) groups is 1. The first-order valence-corrected chi connectivity index (χ1v) is 6.66. The van der Waals surface area contributed by atoms with Crippen LogP contribution in [0.15, 0.2) is 54.7 Å². The minimum Gasteiger partial charge on any atom is -0.478 e. The van der Waals surface area contributed by atoms with Crippen molar-refractivity contribution in [1.82, 2.24) is 4.98 Å². The summed E-state index contributed by atoms with van der Waals surface area (Å²) in [6.45, 7) is 0. The maximum atomic E-state index is 11.3. The molecule has 1 heterocycles. The Labute approximate surface area is 154 Å². The van der Waals surface area contributed by atoms with E-state index in [-0.39, 0.29) is 35.1 Å². The predicted molar refractivity (Wildman–Crippen MR) is 89.2 cm³/mol. The van der Waals surface area contributed by atoms with Gasteiger partial charge in [0.15, 0.2) is 0 Å². The van der Waals surface area contributed by atoms with Gasteiger partial charge in [0.05, 0.1) is 16.8 Å². The molecule has 0 amide bonds. The zero-order valence-corrected chi connectivity index (χ0v) is 14.6. The van der Waals surface area contributed by atoms with Crippen LogP contribution in [0.3, 0.4) is 0 Å². The zero-order valence-electron chi connectivity index (χ0n) is 11.9. The van der Waals surface area contributed by atoms with Crippen LogP contribution in [0.2, 0.25) is 5.02 Å². The van der Waals surface area contributed by atoms with Crippen LogP contribution in [-0.2, 0) is 0 Å². The number of benzene rings is 2. The van der Waals surface area contributed by atoms with Gasteiger partial charge in [-0.3, -0.25) is 4.98 Å². The van der Waals surface area contributed by atoms with E-state index in [1.807, 2.05) is 6.07 Å². The summed E-state index contributed by atoms with van der Waals surface area (Å²) in [6, 6.07) is 14.0. The van der Waals surface area contributed by atoms with Crippen LogP contribution < -0.4 is 5.32 Å². The third-order valence-electron chi connectivity index (χ3n) is 3.13. The number of aromatic carboxylic acids is 1. The van der Waals surface area contributed by atoms with Gasteiger partial charge in [0.2, 0.25) is 0 Å². The van der Waals surface area contributed by atoms with E-state index in [1.165, 1.54) is 0 Å². The first-order chi connectivity index (χ1) is 10.1. The summed E-state index contributed by atoms with van der Waals surface area (Å²) in [6.07, 6.45) is 1.66. The molecule has 3 aromatic rings. The van der Waals surface area contributed by atoms with E-state index in [0.29, 0.717) is 10.7 Å². The van der Waals surface area contributed by atoms with Gasteiger partial charge >= 0.3 is 5.97 Å². The molecule has 1 aromatic heterocycles. The molecular weight excluding hydrogens is 311 g/mol. The number of carboxylic acid groups (broad SMARTS) is 1. The number of fused-ring (bicyclic) bond motifs is 1. The molecule has 0 saturated heterocycles. The molecule has 0 unspecified atom stereocenters. The van der Waals surface area contributed by atoms with Crippen LogP contribution in [0.4, 0.5) is 11.4 Å². The van der Waals surface area contributed by atoms with E-state index in [2.05, 4.69) is 10.3 Å². The van der Waals surface area contributed by atoms with Crippen LogP contribution >= 0.6 is 11.6 Å². The van der Waals surface area contributed by atoms with Gasteiger partial charge in [-0.15, -0.1) is 0 Å². The Morgan fingerprint density at radius 1 is 1.09 bits per heavy atom. The second-order valence-corrected chi connectivity index (χ2v) is 4.93. The SMILES string of the molecule is O=C(O)c1ccccc1Nc1ccnc2cc(Cl)ccc12.[Na]. The summed E-state index contributed by atoms with van der Waals surface area (Å²) in [5.74, 6) is -0.973. The molecule has 3 rings (SSSR count). The van der Waals surface area contributed by atoms with Gasteiger partial charge < -0.3 is 10.4 Å². The number of pyridine rings is 1. The number of nitrogens with zero attached hydrogens (tertiary/aromatic N) is 1. The number of anilines is 2. The molecular formula is C16H11ClN2NaO2. The number of rotatable bonds is 3. The molecule has 22 heavy (non-hydrogen) atoms. The summed E-state index contributed by atoms with van der Waals surface area (Å²) in [4.78, 5) is 15.5. The van der Waals surface area contributed by atoms with E-state index in [4.69, 9.17) is 11.6 Å². The molecule has 0 aliphatic heterocycles. The number of para-hydroxylation sites is 1. The Kier molecular flexibility index (Phi) is 5.42. The van der Waals surface area contributed by atoms with Crippen molar-refractivity contribution in [2.75, 3.05) is 5.32 Å². The molecule has 0 aliphatic rings. The number of halogens is 1. The van der Waals surface area contributed by atoms with Crippen molar-refractivity contribution in [3.8, 4) is 0 Å². The molecule has 0 fully saturated rings. The molecule has 0 saturated carbocycles. The molecule has 0 aliphatic carbocycles. The van der Waals surface area contributed by atoms with Crippen molar-refractivity contribution in [1.29, 1.82) is 0 Å². The molecule has 105 valence electrons. The molecule has 1 radical (unpaired) electrons. The third-order valence-corrected chi connectivity index (χ3v) is 3.37. The monoisotopic (exact) mass is 321 g/mol. The normalized spacial score (nSPS) is 10.0. The second kappa shape index (κ2) is 7.11. The van der Waals surface area contributed by atoms with Crippen molar-refractivity contribution >= 4 is 69.4 Å². The third kappa shape index (κ3) is 3.42. The first kappa shape index (κ1) is 16.8. The Hall–Kier alpha value is -1.59. The summed E-state index contributed by atoms with van der Waals surface area (Å²) >= 11 is 5.96. The number of aromatic nitrogens is 1. The van der Waals surface area contributed by atoms with Crippen LogP contribution in [0.25, 0.3) is 10.9 Å². The molecule has 0 atom stereocenters. The van der Waals surface area contributed by atoms with Crippen LogP contribution in [0.5, 0.6) is 0 Å². The van der Waals surface area contributed by atoms with Gasteiger partial charge in [-0.25, -0.2) is 4.79 Å². The maximum Gasteiger partial charge on any atom is 0.337 e. The topological polar surface area (TPSA) is 62.2 Å². The fourth-order valence-electron chi connectivity index (χ4n) is 2.15. The number of hydrogen-bond donors (Lipinski definition) is 2. The Balaban J connectivity index is 0.00000176.